The highest BCUT2D eigenvalue weighted by Crippen LogP contribution is 2.30. The zero-order chi connectivity index (χ0) is 27.3. The molecule has 0 atom stereocenters. The number of methoxy groups -OCH3 is 2. The van der Waals surface area contributed by atoms with Crippen LogP contribution < -0.4 is 20.1 Å². The molecule has 3 aromatic rings. The molecule has 1 heterocycles. The normalized spacial score (nSPS) is 11.3. The highest BCUT2D eigenvalue weighted by Gasteiger charge is 2.25. The van der Waals surface area contributed by atoms with Gasteiger partial charge in [0, 0.05) is 23.6 Å². The number of amides is 3. The molecule has 0 saturated heterocycles. The predicted octanol–water partition coefficient (Wildman–Crippen LogP) is 5.38. The minimum Gasteiger partial charge on any atom is -0.497 e. The van der Waals surface area contributed by atoms with Gasteiger partial charge in [-0.1, -0.05) is 38.5 Å². The Labute approximate surface area is 218 Å². The van der Waals surface area contributed by atoms with Crippen molar-refractivity contribution < 1.29 is 19.1 Å². The molecule has 0 bridgehead atoms. The average molecular weight is 508 g/mol. The largest absolute Gasteiger partial charge is 0.497 e. The number of hydrogen-bond donors (Lipinski definition) is 2. The summed E-state index contributed by atoms with van der Waals surface area (Å²) in [7, 11) is 3.07. The Kier molecular flexibility index (Phi) is 8.47. The summed E-state index contributed by atoms with van der Waals surface area (Å²) in [5, 5.41) is 10.6. The number of aryl methyl sites for hydroxylation is 1. The first-order chi connectivity index (χ1) is 17.4. The van der Waals surface area contributed by atoms with Gasteiger partial charge in [-0.15, -0.1) is 0 Å². The number of carbonyl (C=O) groups excluding carboxylic acids is 2. The van der Waals surface area contributed by atoms with Crippen molar-refractivity contribution in [2.45, 2.75) is 53.0 Å². The second-order valence-corrected chi connectivity index (χ2v) is 10.2. The van der Waals surface area contributed by atoms with Gasteiger partial charge < -0.3 is 25.0 Å². The van der Waals surface area contributed by atoms with Crippen LogP contribution in [0.5, 0.6) is 11.5 Å². The Hall–Kier alpha value is -4.01. The van der Waals surface area contributed by atoms with E-state index < -0.39 is 6.03 Å². The number of aromatic nitrogens is 2. The summed E-state index contributed by atoms with van der Waals surface area (Å²) in [4.78, 5) is 27.8. The quantitative estimate of drug-likeness (QED) is 0.427. The summed E-state index contributed by atoms with van der Waals surface area (Å²) in [5.41, 5.74) is 3.07. The first-order valence-electron chi connectivity index (χ1n) is 12.2. The number of nitrogens with one attached hydrogen (secondary N) is 2. The molecule has 0 unspecified atom stereocenters. The summed E-state index contributed by atoms with van der Waals surface area (Å²) < 4.78 is 12.3. The Morgan fingerprint density at radius 3 is 2.24 bits per heavy atom. The van der Waals surface area contributed by atoms with E-state index in [0.717, 1.165) is 16.9 Å². The lowest BCUT2D eigenvalue weighted by Crippen LogP contribution is -2.44. The molecule has 0 radical (unpaired) electrons. The molecular weight excluding hydrogens is 470 g/mol. The lowest BCUT2D eigenvalue weighted by atomic mass is 9.92. The van der Waals surface area contributed by atoms with Crippen molar-refractivity contribution in [3.05, 3.63) is 59.8 Å². The average Bonchev–Trinajstić information content (AvgIpc) is 3.27. The van der Waals surface area contributed by atoms with Crippen LogP contribution in [0.3, 0.4) is 0 Å². The van der Waals surface area contributed by atoms with Crippen molar-refractivity contribution in [3.8, 4) is 17.2 Å². The molecule has 37 heavy (non-hydrogen) atoms. The molecular formula is C28H37N5O4. The van der Waals surface area contributed by atoms with E-state index in [2.05, 4.69) is 31.4 Å². The third-order valence-corrected chi connectivity index (χ3v) is 5.87. The van der Waals surface area contributed by atoms with Gasteiger partial charge in [-0.05, 0) is 45.0 Å². The monoisotopic (exact) mass is 507 g/mol. The van der Waals surface area contributed by atoms with E-state index in [4.69, 9.17) is 14.6 Å². The van der Waals surface area contributed by atoms with Gasteiger partial charge in [-0.25, -0.2) is 9.48 Å². The van der Waals surface area contributed by atoms with Crippen LogP contribution in [-0.2, 0) is 10.2 Å². The predicted molar refractivity (Wildman–Crippen MR) is 146 cm³/mol. The van der Waals surface area contributed by atoms with Gasteiger partial charge in [-0.2, -0.15) is 5.10 Å². The number of ether oxygens (including phenoxy) is 2. The fourth-order valence-corrected chi connectivity index (χ4v) is 3.63. The van der Waals surface area contributed by atoms with Crippen LogP contribution in [0.2, 0.25) is 0 Å². The minimum atomic E-state index is -0.420. The maximum Gasteiger partial charge on any atom is 0.322 e. The molecule has 9 heteroatoms. The Balaban J connectivity index is 1.81. The fourth-order valence-electron chi connectivity index (χ4n) is 3.63. The summed E-state index contributed by atoms with van der Waals surface area (Å²) in [5.74, 6) is 1.27. The summed E-state index contributed by atoms with van der Waals surface area (Å²) in [6.07, 6.45) is 0. The molecule has 0 spiro atoms. The molecule has 9 nitrogen and oxygen atoms in total. The van der Waals surface area contributed by atoms with Crippen LogP contribution in [0.4, 0.5) is 16.3 Å². The molecule has 3 rings (SSSR count). The number of hydrogen-bond acceptors (Lipinski definition) is 5. The second kappa shape index (κ2) is 11.4. The van der Waals surface area contributed by atoms with Gasteiger partial charge in [0.15, 0.2) is 0 Å². The Morgan fingerprint density at radius 1 is 1.00 bits per heavy atom. The number of anilines is 2. The first kappa shape index (κ1) is 27.6. The molecule has 2 aromatic carbocycles. The molecule has 198 valence electrons. The Bertz CT molecular complexity index is 1240. The van der Waals surface area contributed by atoms with E-state index in [9.17, 15) is 9.59 Å². The van der Waals surface area contributed by atoms with E-state index >= 15 is 0 Å². The number of urea groups is 1. The number of carbonyl (C=O) groups is 2. The molecule has 0 aliphatic rings. The standard InChI is InChI=1S/C28H37N5O4/c1-18(2)32(27(35)29-22-14-13-21(36-7)15-23(22)37-8)17-26(34)30-25-16-24(28(4,5)6)31-33(25)20-11-9-19(3)10-12-20/h9-16,18H,17H2,1-8H3,(H,29,35)(H,30,34). The molecule has 0 fully saturated rings. The van der Waals surface area contributed by atoms with Crippen molar-refractivity contribution in [3.63, 3.8) is 0 Å². The van der Waals surface area contributed by atoms with E-state index in [1.807, 2.05) is 51.1 Å². The van der Waals surface area contributed by atoms with Gasteiger partial charge >= 0.3 is 6.03 Å². The van der Waals surface area contributed by atoms with Gasteiger partial charge in [0.05, 0.1) is 31.3 Å². The van der Waals surface area contributed by atoms with Crippen LogP contribution in [0.15, 0.2) is 48.5 Å². The van der Waals surface area contributed by atoms with Crippen LogP contribution in [0.25, 0.3) is 5.69 Å². The highest BCUT2D eigenvalue weighted by molar-refractivity contribution is 5.97. The topological polar surface area (TPSA) is 97.7 Å². The summed E-state index contributed by atoms with van der Waals surface area (Å²) in [6, 6.07) is 14.2. The van der Waals surface area contributed by atoms with Crippen LogP contribution >= 0.6 is 0 Å². The number of rotatable bonds is 8. The lowest BCUT2D eigenvalue weighted by molar-refractivity contribution is -0.117. The maximum absolute atomic E-state index is 13.2. The molecule has 1 aromatic heterocycles. The van der Waals surface area contributed by atoms with Crippen LogP contribution in [-0.4, -0.2) is 53.4 Å². The zero-order valence-electron chi connectivity index (χ0n) is 22.9. The number of benzene rings is 2. The molecule has 3 amide bonds. The summed E-state index contributed by atoms with van der Waals surface area (Å²) in [6.45, 7) is 11.8. The van der Waals surface area contributed by atoms with Gasteiger partial charge in [0.1, 0.15) is 23.9 Å². The van der Waals surface area contributed by atoms with Gasteiger partial charge in [-0.3, -0.25) is 4.79 Å². The van der Waals surface area contributed by atoms with Gasteiger partial charge in [0.2, 0.25) is 5.91 Å². The van der Waals surface area contributed by atoms with Gasteiger partial charge in [0.25, 0.3) is 0 Å². The zero-order valence-corrected chi connectivity index (χ0v) is 22.9. The SMILES string of the molecule is COc1ccc(NC(=O)N(CC(=O)Nc2cc(C(C)(C)C)nn2-c2ccc(C)cc2)C(C)C)c(OC)c1. The Morgan fingerprint density at radius 2 is 1.68 bits per heavy atom. The fraction of sp³-hybridized carbons (Fsp3) is 0.393. The summed E-state index contributed by atoms with van der Waals surface area (Å²) >= 11 is 0. The molecule has 0 aliphatic carbocycles. The minimum absolute atomic E-state index is 0.147. The van der Waals surface area contributed by atoms with E-state index in [0.29, 0.717) is 23.0 Å². The third-order valence-electron chi connectivity index (χ3n) is 5.87. The van der Waals surface area contributed by atoms with Crippen LogP contribution in [0.1, 0.15) is 45.9 Å². The second-order valence-electron chi connectivity index (χ2n) is 10.2. The van der Waals surface area contributed by atoms with E-state index in [1.165, 1.54) is 12.0 Å². The lowest BCUT2D eigenvalue weighted by Gasteiger charge is -2.26. The maximum atomic E-state index is 13.2. The first-order valence-corrected chi connectivity index (χ1v) is 12.2. The van der Waals surface area contributed by atoms with Crippen molar-refractivity contribution in [2.24, 2.45) is 0 Å². The van der Waals surface area contributed by atoms with Crippen LogP contribution in [0, 0.1) is 6.92 Å². The van der Waals surface area contributed by atoms with Crippen molar-refractivity contribution in [2.75, 3.05) is 31.4 Å². The molecule has 0 saturated carbocycles. The molecule has 2 N–H and O–H groups in total. The molecule has 0 aliphatic heterocycles. The smallest absolute Gasteiger partial charge is 0.322 e. The van der Waals surface area contributed by atoms with Crippen molar-refractivity contribution >= 4 is 23.4 Å². The highest BCUT2D eigenvalue weighted by atomic mass is 16.5. The van der Waals surface area contributed by atoms with Crippen molar-refractivity contribution in [1.29, 1.82) is 0 Å². The van der Waals surface area contributed by atoms with E-state index in [1.54, 1.807) is 30.0 Å². The van der Waals surface area contributed by atoms with Crippen molar-refractivity contribution in [1.82, 2.24) is 14.7 Å². The third kappa shape index (κ3) is 6.81. The number of nitrogens with zero attached hydrogens (tertiary/aromatic N) is 3. The van der Waals surface area contributed by atoms with E-state index in [-0.39, 0.29) is 23.9 Å².